The number of anilines is 1. The van der Waals surface area contributed by atoms with Crippen LogP contribution >= 0.6 is 11.8 Å². The van der Waals surface area contributed by atoms with Gasteiger partial charge in [-0.2, -0.15) is 0 Å². The van der Waals surface area contributed by atoms with Crippen molar-refractivity contribution in [2.75, 3.05) is 24.8 Å². The predicted molar refractivity (Wildman–Crippen MR) is 130 cm³/mol. The van der Waals surface area contributed by atoms with Crippen molar-refractivity contribution in [3.8, 4) is 11.5 Å². The average Bonchev–Trinajstić information content (AvgIpc) is 3.56. The number of carbonyl (C=O) groups excluding carboxylic acids is 2. The number of carbonyl (C=O) groups is 2. The molecule has 1 saturated heterocycles. The van der Waals surface area contributed by atoms with Crippen LogP contribution in [0.1, 0.15) is 30.9 Å². The van der Waals surface area contributed by atoms with E-state index >= 15 is 0 Å². The highest BCUT2D eigenvalue weighted by Crippen LogP contribution is 2.35. The SMILES string of the molecule is Cc1ccc(N2C(=O)/C(=C/c3ccc4c(c3)OCO4)N=C2SC(C)C(=O)N2CCCC2)cc1. The number of rotatable bonds is 4. The van der Waals surface area contributed by atoms with Crippen molar-refractivity contribution in [2.45, 2.75) is 31.9 Å². The van der Waals surface area contributed by atoms with Crippen LogP contribution in [0.2, 0.25) is 0 Å². The summed E-state index contributed by atoms with van der Waals surface area (Å²) in [5, 5.41) is 0.170. The summed E-state index contributed by atoms with van der Waals surface area (Å²) in [6.45, 7) is 5.67. The van der Waals surface area contributed by atoms with Crippen molar-refractivity contribution in [1.29, 1.82) is 0 Å². The van der Waals surface area contributed by atoms with Crippen LogP contribution < -0.4 is 14.4 Å². The van der Waals surface area contributed by atoms with Gasteiger partial charge in [-0.1, -0.05) is 35.5 Å². The van der Waals surface area contributed by atoms with Gasteiger partial charge in [-0.3, -0.25) is 14.5 Å². The molecule has 0 spiro atoms. The number of likely N-dealkylation sites (tertiary alicyclic amines) is 1. The van der Waals surface area contributed by atoms with Gasteiger partial charge in [0.15, 0.2) is 16.7 Å². The normalized spacial score (nSPS) is 19.4. The number of aliphatic imine (C=N–C) groups is 1. The summed E-state index contributed by atoms with van der Waals surface area (Å²) in [5.74, 6) is 1.20. The van der Waals surface area contributed by atoms with Gasteiger partial charge in [0.25, 0.3) is 5.91 Å². The van der Waals surface area contributed by atoms with Gasteiger partial charge >= 0.3 is 0 Å². The van der Waals surface area contributed by atoms with E-state index in [-0.39, 0.29) is 23.9 Å². The maximum atomic E-state index is 13.4. The molecule has 0 radical (unpaired) electrons. The number of thioether (sulfide) groups is 1. The number of hydrogen-bond donors (Lipinski definition) is 0. The van der Waals surface area contributed by atoms with Crippen molar-refractivity contribution >= 4 is 40.5 Å². The number of ether oxygens (including phenoxy) is 2. The molecule has 1 unspecified atom stereocenters. The van der Waals surface area contributed by atoms with Crippen LogP contribution in [0.4, 0.5) is 5.69 Å². The first kappa shape index (κ1) is 21.6. The fraction of sp³-hybridized carbons (Fsp3) is 0.320. The fourth-order valence-electron chi connectivity index (χ4n) is 4.06. The Morgan fingerprint density at radius 1 is 1.09 bits per heavy atom. The Morgan fingerprint density at radius 2 is 1.82 bits per heavy atom. The second-order valence-electron chi connectivity index (χ2n) is 8.31. The third kappa shape index (κ3) is 4.35. The molecule has 2 amide bonds. The fourth-order valence-corrected chi connectivity index (χ4v) is 5.07. The van der Waals surface area contributed by atoms with Crippen molar-refractivity contribution in [3.63, 3.8) is 0 Å². The third-order valence-electron chi connectivity index (χ3n) is 5.87. The molecule has 0 bridgehead atoms. The van der Waals surface area contributed by atoms with Gasteiger partial charge in [0.1, 0.15) is 5.70 Å². The Kier molecular flexibility index (Phi) is 5.85. The van der Waals surface area contributed by atoms with Crippen molar-refractivity contribution < 1.29 is 19.1 Å². The maximum Gasteiger partial charge on any atom is 0.283 e. The number of nitrogens with zero attached hydrogens (tertiary/aromatic N) is 3. The molecule has 0 saturated carbocycles. The number of hydrogen-bond acceptors (Lipinski definition) is 6. The zero-order valence-corrected chi connectivity index (χ0v) is 19.4. The molecule has 0 N–H and O–H groups in total. The molecular weight excluding hydrogens is 438 g/mol. The van der Waals surface area contributed by atoms with E-state index in [9.17, 15) is 9.59 Å². The molecule has 3 aliphatic heterocycles. The van der Waals surface area contributed by atoms with Crippen molar-refractivity contribution in [2.24, 2.45) is 4.99 Å². The van der Waals surface area contributed by atoms with E-state index < -0.39 is 0 Å². The number of aryl methyl sites for hydroxylation is 1. The monoisotopic (exact) mass is 463 g/mol. The lowest BCUT2D eigenvalue weighted by Gasteiger charge is -2.23. The Labute approximate surface area is 197 Å². The van der Waals surface area contributed by atoms with Crippen molar-refractivity contribution in [1.82, 2.24) is 4.90 Å². The summed E-state index contributed by atoms with van der Waals surface area (Å²) in [6.07, 6.45) is 3.83. The van der Waals surface area contributed by atoms with Crippen molar-refractivity contribution in [3.05, 3.63) is 59.3 Å². The molecule has 7 nitrogen and oxygen atoms in total. The minimum atomic E-state index is -0.340. The molecular formula is C25H25N3O4S. The molecule has 33 heavy (non-hydrogen) atoms. The standard InChI is InChI=1S/C25H25N3O4S/c1-16-5-8-19(9-6-16)28-24(30)20(13-18-7-10-21-22(14-18)32-15-31-21)26-25(28)33-17(2)23(29)27-11-3-4-12-27/h5-10,13-14,17H,3-4,11-12,15H2,1-2H3/b20-13-. The second-order valence-corrected chi connectivity index (χ2v) is 9.61. The first-order valence-corrected chi connectivity index (χ1v) is 11.9. The van der Waals surface area contributed by atoms with Gasteiger partial charge in [0, 0.05) is 13.1 Å². The summed E-state index contributed by atoms with van der Waals surface area (Å²) in [4.78, 5) is 34.5. The summed E-state index contributed by atoms with van der Waals surface area (Å²) < 4.78 is 10.8. The lowest BCUT2D eigenvalue weighted by atomic mass is 10.1. The molecule has 2 aromatic rings. The molecule has 3 heterocycles. The lowest BCUT2D eigenvalue weighted by molar-refractivity contribution is -0.129. The molecule has 0 aliphatic carbocycles. The van der Waals surface area contributed by atoms with E-state index in [1.54, 1.807) is 11.0 Å². The van der Waals surface area contributed by atoms with Crippen LogP contribution in [-0.2, 0) is 9.59 Å². The topological polar surface area (TPSA) is 71.4 Å². The highest BCUT2D eigenvalue weighted by molar-refractivity contribution is 8.15. The number of fused-ring (bicyclic) bond motifs is 1. The van der Waals surface area contributed by atoms with Crippen LogP contribution in [0.3, 0.4) is 0 Å². The molecule has 8 heteroatoms. The predicted octanol–water partition coefficient (Wildman–Crippen LogP) is 4.21. The van der Waals surface area contributed by atoms with Crippen LogP contribution in [-0.4, -0.2) is 47.0 Å². The van der Waals surface area contributed by atoms with Crippen LogP contribution in [0.15, 0.2) is 53.2 Å². The lowest BCUT2D eigenvalue weighted by Crippen LogP contribution is -2.37. The van der Waals surface area contributed by atoms with Gasteiger partial charge < -0.3 is 14.4 Å². The van der Waals surface area contributed by atoms with Gasteiger partial charge in [-0.05, 0) is 62.6 Å². The first-order valence-electron chi connectivity index (χ1n) is 11.1. The molecule has 2 aromatic carbocycles. The van der Waals surface area contributed by atoms with E-state index in [1.807, 2.05) is 61.2 Å². The molecule has 1 atom stereocenters. The number of amides is 2. The maximum absolute atomic E-state index is 13.4. The highest BCUT2D eigenvalue weighted by Gasteiger charge is 2.35. The summed E-state index contributed by atoms with van der Waals surface area (Å²) in [7, 11) is 0. The Bertz CT molecular complexity index is 1150. The van der Waals surface area contributed by atoms with Crippen LogP contribution in [0, 0.1) is 6.92 Å². The molecule has 1 fully saturated rings. The van der Waals surface area contributed by atoms with E-state index in [2.05, 4.69) is 4.99 Å². The Balaban J connectivity index is 1.45. The van der Waals surface area contributed by atoms with Crippen LogP contribution in [0.5, 0.6) is 11.5 Å². The Hall–Kier alpha value is -3.26. The molecule has 0 aromatic heterocycles. The first-order chi connectivity index (χ1) is 16.0. The minimum absolute atomic E-state index is 0.0877. The van der Waals surface area contributed by atoms with Gasteiger partial charge in [0.2, 0.25) is 12.7 Å². The Morgan fingerprint density at radius 3 is 2.58 bits per heavy atom. The van der Waals surface area contributed by atoms with E-state index in [0.717, 1.165) is 42.7 Å². The van der Waals surface area contributed by atoms with E-state index in [1.165, 1.54) is 11.8 Å². The molecule has 5 rings (SSSR count). The molecule has 170 valence electrons. The minimum Gasteiger partial charge on any atom is -0.454 e. The van der Waals surface area contributed by atoms with E-state index in [0.29, 0.717) is 22.4 Å². The zero-order chi connectivity index (χ0) is 22.9. The van der Waals surface area contributed by atoms with Crippen LogP contribution in [0.25, 0.3) is 6.08 Å². The third-order valence-corrected chi connectivity index (χ3v) is 6.91. The zero-order valence-electron chi connectivity index (χ0n) is 18.6. The summed E-state index contributed by atoms with van der Waals surface area (Å²) >= 11 is 1.33. The average molecular weight is 464 g/mol. The summed E-state index contributed by atoms with van der Waals surface area (Å²) in [5.41, 5.74) is 2.94. The summed E-state index contributed by atoms with van der Waals surface area (Å²) in [6, 6.07) is 13.2. The highest BCUT2D eigenvalue weighted by atomic mass is 32.2. The van der Waals surface area contributed by atoms with Gasteiger partial charge in [0.05, 0.1) is 10.9 Å². The van der Waals surface area contributed by atoms with Gasteiger partial charge in [-0.15, -0.1) is 0 Å². The largest absolute Gasteiger partial charge is 0.454 e. The number of amidine groups is 1. The molecule has 3 aliphatic rings. The smallest absolute Gasteiger partial charge is 0.283 e. The second kappa shape index (κ2) is 8.94. The van der Waals surface area contributed by atoms with Gasteiger partial charge in [-0.25, -0.2) is 4.99 Å². The van der Waals surface area contributed by atoms with E-state index in [4.69, 9.17) is 9.47 Å². The number of benzene rings is 2. The quantitative estimate of drug-likeness (QED) is 0.635.